The number of primary amides is 1. The van der Waals surface area contributed by atoms with Crippen LogP contribution in [-0.2, 0) is 43.3 Å². The average molecular weight is 2000 g/mol. The Labute approximate surface area is 814 Å². The van der Waals surface area contributed by atoms with Gasteiger partial charge in [-0.15, -0.1) is 0 Å². The number of rotatable bonds is 19. The molecule has 4 heterocycles. The highest BCUT2D eigenvalue weighted by Crippen LogP contribution is 2.26. The highest BCUT2D eigenvalue weighted by atomic mass is 79.9. The fraction of sp³-hybridized carbons (Fsp3) is 0.0882. The molecule has 0 atom stereocenters. The number of nitrogens with one attached hydrogen (secondary N) is 4. The summed E-state index contributed by atoms with van der Waals surface area (Å²) in [7, 11) is 6.46. The number of esters is 5. The van der Waals surface area contributed by atoms with E-state index >= 15 is 0 Å². The van der Waals surface area contributed by atoms with Gasteiger partial charge in [0.15, 0.2) is 5.78 Å². The van der Waals surface area contributed by atoms with Crippen LogP contribution in [0.2, 0.25) is 20.4 Å². The average Bonchev–Trinajstić information content (AvgIpc) is 0.776. The van der Waals surface area contributed by atoms with Gasteiger partial charge in [-0.05, 0) is 226 Å². The number of Topliss-reactive ketones (excluding diaryl/α,β-unsaturated/α-hetero) is 1. The van der Waals surface area contributed by atoms with Crippen LogP contribution in [0, 0.1) is 0 Å². The number of urea groups is 1. The van der Waals surface area contributed by atoms with Crippen LogP contribution in [-0.4, -0.2) is 127 Å². The minimum atomic E-state index is -0.603. The first kappa shape index (κ1) is 102. The lowest BCUT2D eigenvalue weighted by atomic mass is 10.1. The Morgan fingerprint density at radius 2 is 0.703 bits per heavy atom. The van der Waals surface area contributed by atoms with Crippen molar-refractivity contribution in [1.82, 2.24) is 38.2 Å². The first-order chi connectivity index (χ1) is 66.6. The monoisotopic (exact) mass is 2000 g/mol. The molecule has 0 aliphatic heterocycles. The molecule has 138 heavy (non-hydrogen) atoms. The molecule has 17 aromatic rings. The van der Waals surface area contributed by atoms with Gasteiger partial charge in [-0.1, -0.05) is 168 Å². The van der Waals surface area contributed by atoms with E-state index in [0.29, 0.717) is 140 Å². The number of ketones is 1. The maximum absolute atomic E-state index is 13.3. The first-order valence-corrected chi connectivity index (χ1v) is 43.6. The summed E-state index contributed by atoms with van der Waals surface area (Å²) in [5.74, 6) is -2.13. The molecular weight excluding hydrogens is 1920 g/mol. The Kier molecular flexibility index (Phi) is 36.7. The Morgan fingerprint density at radius 3 is 1.09 bits per heavy atom. The zero-order valence-corrected chi connectivity index (χ0v) is 78.5. The van der Waals surface area contributed by atoms with Gasteiger partial charge < -0.3 is 61.2 Å². The molecule has 2 amide bonds. The summed E-state index contributed by atoms with van der Waals surface area (Å²) in [6, 6.07) is 89.8. The SMILES string of the molecule is COC(=O)c1ccc(C(=O)OC)c(Br)c1.COC(=O)c1ccc2c(=O)n(-c3ccccc3)c(=O)[nH]c2c1.COC(=O)c1ccc2c(=O)n(-c3ccccc3)c(Cl)nc2c1.COC(=O)c1ccc2c(=O)n(-c3ccccc3)c(NCc3ccc(Cl)cc3)nc2c1.NC(=O)Nc1ccccc1.NCc1ccc(Cl)cc1.O=C(CO)c1ccc2c(=O)n(-c3ccccc3)c(NCc3ccc(Cl)cc3)nc2c1. The topological polar surface area (TPSA) is 434 Å². The van der Waals surface area contributed by atoms with Crippen LogP contribution in [0.1, 0.15) is 78.8 Å². The number of ether oxygens (including phenoxy) is 5. The minimum absolute atomic E-state index is 0.0331. The van der Waals surface area contributed by atoms with E-state index in [1.54, 1.807) is 109 Å². The molecule has 0 unspecified atom stereocenters. The van der Waals surface area contributed by atoms with E-state index in [9.17, 15) is 57.5 Å². The number of carbonyl (C=O) groups is 7. The standard InChI is InChI=1S/2C23H18ClN3O3.C16H11ClN2O3.C16H12N2O4.C10H9BrO4.C7H8ClN.C7H8N2O/c1-30-22(29)16-9-12-19-20(13-16)26-23(25-14-15-7-10-17(24)11-8-15)27(21(19)28)18-5-3-2-4-6-18;24-17-9-6-15(7-10-17)13-25-23-26-20-12-16(21(29)14-28)8-11-19(20)22(30)27(23)18-4-2-1-3-5-18;1-22-15(21)10-7-8-12-13(9-10)18-16(17)19(14(12)20)11-5-3-2-4-6-11;1-22-15(20)10-7-8-12-13(9-10)17-16(21)18(14(12)19)11-5-3-2-4-6-11;1-14-9(12)6-3-4-7(8(11)5-6)10(13)15-2;8-7-3-1-6(5-9)2-4-7;8-7(10)9-6-4-2-1-3-5-6/h2-13H,14H2,1H3,(H,25,26);1-12,28H,13-14H2,(H,25,26);2-9H,1H3;2-9H,1H3,(H,17,21);3-5H,1-2H3;1-4H,5,9H2;1-5H,(H3,8,9,10). The Morgan fingerprint density at radius 1 is 0.377 bits per heavy atom. The number of amides is 2. The summed E-state index contributed by atoms with van der Waals surface area (Å²) in [5, 5.41) is 21.6. The second-order valence-electron chi connectivity index (χ2n) is 28.9. The largest absolute Gasteiger partial charge is 0.465 e. The smallest absolute Gasteiger partial charge is 0.339 e. The van der Waals surface area contributed by atoms with Crippen LogP contribution in [0.5, 0.6) is 0 Å². The van der Waals surface area contributed by atoms with Crippen molar-refractivity contribution in [3.63, 3.8) is 0 Å². The van der Waals surface area contributed by atoms with Crippen molar-refractivity contribution in [2.45, 2.75) is 19.6 Å². The third-order valence-corrected chi connectivity index (χ3v) is 21.6. The Bertz CT molecular complexity index is 7380. The number of halogens is 5. The number of fused-ring (bicyclic) bond motifs is 4. The highest BCUT2D eigenvalue weighted by Gasteiger charge is 2.21. The van der Waals surface area contributed by atoms with Crippen molar-refractivity contribution in [2.24, 2.45) is 11.5 Å². The maximum atomic E-state index is 13.3. The number of carbonyl (C=O) groups excluding carboxylic acids is 7. The summed E-state index contributed by atoms with van der Waals surface area (Å²) in [4.78, 5) is 160. The molecule has 4 aromatic heterocycles. The summed E-state index contributed by atoms with van der Waals surface area (Å²) < 4.78 is 29.1. The Balaban J connectivity index is 0.000000160. The summed E-state index contributed by atoms with van der Waals surface area (Å²) in [6.45, 7) is 0.848. The number of nitrogens with zero attached hydrogens (tertiary/aromatic N) is 7. The van der Waals surface area contributed by atoms with E-state index in [1.807, 2.05) is 146 Å². The number of aliphatic hydroxyl groups is 1. The lowest BCUT2D eigenvalue weighted by molar-refractivity contribution is 0.0586. The van der Waals surface area contributed by atoms with Crippen LogP contribution in [0.4, 0.5) is 22.4 Å². The van der Waals surface area contributed by atoms with Crippen molar-refractivity contribution in [2.75, 3.05) is 58.1 Å². The maximum Gasteiger partial charge on any atom is 0.339 e. The first-order valence-electron chi connectivity index (χ1n) is 41.3. The van der Waals surface area contributed by atoms with Crippen molar-refractivity contribution in [3.05, 3.63) is 442 Å². The fourth-order valence-electron chi connectivity index (χ4n) is 13.1. The number of methoxy groups -OCH3 is 5. The zero-order valence-electron chi connectivity index (χ0n) is 73.9. The third kappa shape index (κ3) is 26.8. The lowest BCUT2D eigenvalue weighted by Crippen LogP contribution is -2.33. The molecule has 0 saturated heterocycles. The van der Waals surface area contributed by atoms with E-state index < -0.39 is 59.5 Å². The van der Waals surface area contributed by atoms with Gasteiger partial charge in [-0.2, -0.15) is 0 Å². The number of nitrogens with two attached hydrogens (primary N) is 2. The molecule has 0 aliphatic carbocycles. The van der Waals surface area contributed by atoms with Crippen LogP contribution in [0.25, 0.3) is 66.4 Å². The van der Waals surface area contributed by atoms with E-state index in [-0.39, 0.29) is 27.5 Å². The van der Waals surface area contributed by atoms with Gasteiger partial charge in [0.1, 0.15) is 6.61 Å². The van der Waals surface area contributed by atoms with Gasteiger partial charge in [0.2, 0.25) is 17.2 Å². The molecule has 13 aromatic carbocycles. The molecule has 0 saturated carbocycles. The second-order valence-corrected chi connectivity index (χ2v) is 31.4. The van der Waals surface area contributed by atoms with Crippen LogP contribution in [0.15, 0.2) is 344 Å². The second kappa shape index (κ2) is 49.6. The van der Waals surface area contributed by atoms with Crippen LogP contribution >= 0.6 is 62.3 Å². The lowest BCUT2D eigenvalue weighted by Gasteiger charge is -2.15. The van der Waals surface area contributed by atoms with Gasteiger partial charge in [0, 0.05) is 50.4 Å². The highest BCUT2D eigenvalue weighted by molar-refractivity contribution is 9.10. The van der Waals surface area contributed by atoms with Gasteiger partial charge in [-0.25, -0.2) is 62.2 Å². The van der Waals surface area contributed by atoms with Crippen molar-refractivity contribution in [3.8, 4) is 22.7 Å². The molecule has 9 N–H and O–H groups in total. The zero-order chi connectivity index (χ0) is 99.1. The van der Waals surface area contributed by atoms with Crippen LogP contribution in [0.3, 0.4) is 0 Å². The molecular formula is C102H84BrCl4N13O18. The normalized spacial score (nSPS) is 10.4. The predicted octanol–water partition coefficient (Wildman–Crippen LogP) is 17.6. The van der Waals surface area contributed by atoms with Gasteiger partial charge in [0.25, 0.3) is 22.2 Å². The van der Waals surface area contributed by atoms with Crippen LogP contribution < -0.4 is 55.3 Å². The van der Waals surface area contributed by atoms with Crippen molar-refractivity contribution >= 4 is 165 Å². The summed E-state index contributed by atoms with van der Waals surface area (Å²) in [5.41, 5.74) is 18.1. The molecule has 31 nitrogen and oxygen atoms in total. The molecule has 0 spiro atoms. The molecule has 17 rings (SSSR count). The minimum Gasteiger partial charge on any atom is -0.465 e. The number of anilines is 3. The number of hydrogen-bond acceptors (Lipinski definition) is 24. The number of benzene rings is 13. The number of aromatic nitrogens is 8. The fourth-order valence-corrected chi connectivity index (χ4v) is 14.3. The molecule has 0 radical (unpaired) electrons. The van der Waals surface area contributed by atoms with Crippen molar-refractivity contribution in [1.29, 1.82) is 0 Å². The number of aromatic amines is 1. The molecule has 0 fully saturated rings. The summed E-state index contributed by atoms with van der Waals surface area (Å²) >= 11 is 26.9. The van der Waals surface area contributed by atoms with E-state index in [0.717, 1.165) is 32.0 Å². The van der Waals surface area contributed by atoms with Gasteiger partial charge in [-0.3, -0.25) is 28.5 Å². The number of hydrogen-bond donors (Lipinski definition) is 7. The number of H-pyrrole nitrogens is 1. The molecule has 700 valence electrons. The molecule has 0 aliphatic rings. The molecule has 36 heteroatoms. The molecule has 0 bridgehead atoms. The number of para-hydroxylation sites is 5. The quantitative estimate of drug-likeness (QED) is 0.0171. The van der Waals surface area contributed by atoms with E-state index in [1.165, 1.54) is 110 Å². The predicted molar refractivity (Wildman–Crippen MR) is 536 cm³/mol. The summed E-state index contributed by atoms with van der Waals surface area (Å²) in [6.07, 6.45) is 0. The number of aliphatic hydroxyl groups excluding tert-OH is 1. The van der Waals surface area contributed by atoms with Gasteiger partial charge in [0.05, 0.1) is 130 Å². The Hall–Kier alpha value is -16.3. The van der Waals surface area contributed by atoms with Gasteiger partial charge >= 0.3 is 41.6 Å². The van der Waals surface area contributed by atoms with E-state index in [2.05, 4.69) is 70.8 Å². The van der Waals surface area contributed by atoms with E-state index in [4.69, 9.17) is 67.7 Å². The van der Waals surface area contributed by atoms with Crippen molar-refractivity contribution < 1.29 is 62.4 Å². The third-order valence-electron chi connectivity index (χ3n) is 20.0.